The molecule has 96 valence electrons. The van der Waals surface area contributed by atoms with Crippen LogP contribution in [0.1, 0.15) is 12.5 Å². The molecule has 0 saturated carbocycles. The molecule has 0 aliphatic carbocycles. The maximum atomic E-state index is 12.3. The summed E-state index contributed by atoms with van der Waals surface area (Å²) in [5, 5.41) is 2.91. The molecule has 1 rings (SSSR count). The van der Waals surface area contributed by atoms with Crippen LogP contribution < -0.4 is 10.2 Å². The zero-order chi connectivity index (χ0) is 12.9. The molecule has 1 heterocycles. The van der Waals surface area contributed by atoms with Gasteiger partial charge in [0.2, 0.25) is 5.95 Å². The SMILES string of the molecule is CCN(CC(F)(F)F)c1ncc(CNC)cn1. The molecule has 0 saturated heterocycles. The fraction of sp³-hybridized carbons (Fsp3) is 0.600. The van der Waals surface area contributed by atoms with E-state index in [1.54, 1.807) is 14.0 Å². The van der Waals surface area contributed by atoms with Gasteiger partial charge in [-0.3, -0.25) is 0 Å². The zero-order valence-electron chi connectivity index (χ0n) is 9.75. The third-order valence-electron chi connectivity index (χ3n) is 2.11. The standard InChI is InChI=1S/C10H15F3N4/c1-3-17(7-10(11,12)13)9-15-5-8(4-14-2)6-16-9/h5-6,14H,3-4,7H2,1-2H3. The number of rotatable bonds is 5. The minimum Gasteiger partial charge on any atom is -0.332 e. The average Bonchev–Trinajstić information content (AvgIpc) is 2.26. The van der Waals surface area contributed by atoms with Crippen molar-refractivity contribution >= 4 is 5.95 Å². The average molecular weight is 248 g/mol. The third kappa shape index (κ3) is 4.56. The highest BCUT2D eigenvalue weighted by molar-refractivity contribution is 5.29. The fourth-order valence-electron chi connectivity index (χ4n) is 1.35. The van der Waals surface area contributed by atoms with E-state index in [-0.39, 0.29) is 12.5 Å². The van der Waals surface area contributed by atoms with Crippen LogP contribution >= 0.6 is 0 Å². The highest BCUT2D eigenvalue weighted by Gasteiger charge is 2.31. The molecule has 0 atom stereocenters. The second-order valence-corrected chi connectivity index (χ2v) is 3.55. The van der Waals surface area contributed by atoms with Gasteiger partial charge in [-0.15, -0.1) is 0 Å². The van der Waals surface area contributed by atoms with Crippen LogP contribution in [0.15, 0.2) is 12.4 Å². The number of nitrogens with one attached hydrogen (secondary N) is 1. The monoisotopic (exact) mass is 248 g/mol. The molecular formula is C10H15F3N4. The molecule has 17 heavy (non-hydrogen) atoms. The van der Waals surface area contributed by atoms with Crippen molar-refractivity contribution in [3.05, 3.63) is 18.0 Å². The zero-order valence-corrected chi connectivity index (χ0v) is 9.75. The third-order valence-corrected chi connectivity index (χ3v) is 2.11. The predicted molar refractivity (Wildman–Crippen MR) is 58.7 cm³/mol. The Morgan fingerprint density at radius 2 is 1.88 bits per heavy atom. The van der Waals surface area contributed by atoms with Crippen LogP contribution in [0.5, 0.6) is 0 Å². The Hall–Kier alpha value is -1.37. The van der Waals surface area contributed by atoms with Crippen molar-refractivity contribution in [3.8, 4) is 0 Å². The second kappa shape index (κ2) is 5.81. The van der Waals surface area contributed by atoms with E-state index in [2.05, 4.69) is 15.3 Å². The van der Waals surface area contributed by atoms with E-state index in [1.165, 1.54) is 12.4 Å². The highest BCUT2D eigenvalue weighted by Crippen LogP contribution is 2.19. The minimum absolute atomic E-state index is 0.102. The summed E-state index contributed by atoms with van der Waals surface area (Å²) in [4.78, 5) is 8.94. The lowest BCUT2D eigenvalue weighted by Crippen LogP contribution is -2.35. The van der Waals surface area contributed by atoms with E-state index in [0.29, 0.717) is 6.54 Å². The van der Waals surface area contributed by atoms with Crippen LogP contribution in [-0.4, -0.2) is 36.3 Å². The quantitative estimate of drug-likeness (QED) is 0.859. The molecule has 0 bridgehead atoms. The summed E-state index contributed by atoms with van der Waals surface area (Å²) < 4.78 is 36.8. The summed E-state index contributed by atoms with van der Waals surface area (Å²) in [6.07, 6.45) is -1.20. The summed E-state index contributed by atoms with van der Waals surface area (Å²) in [6.45, 7) is 1.40. The summed E-state index contributed by atoms with van der Waals surface area (Å²) in [7, 11) is 1.77. The highest BCUT2D eigenvalue weighted by atomic mass is 19.4. The van der Waals surface area contributed by atoms with Crippen LogP contribution in [0.25, 0.3) is 0 Å². The van der Waals surface area contributed by atoms with Crippen molar-refractivity contribution in [2.45, 2.75) is 19.6 Å². The lowest BCUT2D eigenvalue weighted by atomic mass is 10.3. The van der Waals surface area contributed by atoms with Gasteiger partial charge in [-0.2, -0.15) is 13.2 Å². The van der Waals surface area contributed by atoms with Gasteiger partial charge in [-0.05, 0) is 14.0 Å². The first-order chi connectivity index (χ1) is 7.96. The first-order valence-electron chi connectivity index (χ1n) is 5.23. The summed E-state index contributed by atoms with van der Waals surface area (Å²) in [5.41, 5.74) is 0.833. The van der Waals surface area contributed by atoms with Crippen LogP contribution in [0.2, 0.25) is 0 Å². The molecule has 0 unspecified atom stereocenters. The molecule has 0 aromatic carbocycles. The molecule has 1 N–H and O–H groups in total. The number of aromatic nitrogens is 2. The van der Waals surface area contributed by atoms with Crippen molar-refractivity contribution in [2.24, 2.45) is 0 Å². The van der Waals surface area contributed by atoms with Gasteiger partial charge in [0.25, 0.3) is 0 Å². The van der Waals surface area contributed by atoms with E-state index in [9.17, 15) is 13.2 Å². The molecular weight excluding hydrogens is 233 g/mol. The smallest absolute Gasteiger partial charge is 0.332 e. The van der Waals surface area contributed by atoms with Gasteiger partial charge < -0.3 is 10.2 Å². The lowest BCUT2D eigenvalue weighted by molar-refractivity contribution is -0.119. The van der Waals surface area contributed by atoms with Crippen molar-refractivity contribution in [2.75, 3.05) is 25.0 Å². The van der Waals surface area contributed by atoms with E-state index in [1.807, 2.05) is 0 Å². The molecule has 1 aromatic heterocycles. The molecule has 0 radical (unpaired) electrons. The predicted octanol–water partition coefficient (Wildman–Crippen LogP) is 1.58. The number of nitrogens with zero attached hydrogens (tertiary/aromatic N) is 3. The number of hydrogen-bond acceptors (Lipinski definition) is 4. The number of alkyl halides is 3. The summed E-state index contributed by atoms with van der Waals surface area (Å²) in [5.74, 6) is 0.102. The van der Waals surface area contributed by atoms with Gasteiger partial charge in [0.05, 0.1) is 0 Å². The van der Waals surface area contributed by atoms with Gasteiger partial charge in [0, 0.05) is 31.0 Å². The largest absolute Gasteiger partial charge is 0.406 e. The molecule has 0 spiro atoms. The molecule has 1 aromatic rings. The van der Waals surface area contributed by atoms with E-state index in [4.69, 9.17) is 0 Å². The van der Waals surface area contributed by atoms with Crippen molar-refractivity contribution in [1.29, 1.82) is 0 Å². The van der Waals surface area contributed by atoms with Crippen molar-refractivity contribution in [1.82, 2.24) is 15.3 Å². The number of halogens is 3. The Balaban J connectivity index is 2.75. The number of anilines is 1. The van der Waals surface area contributed by atoms with Crippen molar-refractivity contribution < 1.29 is 13.2 Å². The Bertz CT molecular complexity index is 336. The van der Waals surface area contributed by atoms with Gasteiger partial charge in [-0.1, -0.05) is 0 Å². The Morgan fingerprint density at radius 1 is 1.29 bits per heavy atom. The first-order valence-corrected chi connectivity index (χ1v) is 5.23. The second-order valence-electron chi connectivity index (χ2n) is 3.55. The van der Waals surface area contributed by atoms with E-state index >= 15 is 0 Å². The normalized spacial score (nSPS) is 11.6. The Morgan fingerprint density at radius 3 is 2.29 bits per heavy atom. The lowest BCUT2D eigenvalue weighted by Gasteiger charge is -2.21. The fourth-order valence-corrected chi connectivity index (χ4v) is 1.35. The van der Waals surface area contributed by atoms with Gasteiger partial charge in [-0.25, -0.2) is 9.97 Å². The van der Waals surface area contributed by atoms with Gasteiger partial charge in [0.1, 0.15) is 6.54 Å². The Kier molecular flexibility index (Phi) is 4.68. The van der Waals surface area contributed by atoms with Gasteiger partial charge in [0.15, 0.2) is 0 Å². The van der Waals surface area contributed by atoms with Crippen LogP contribution in [0.4, 0.5) is 19.1 Å². The molecule has 0 aliphatic rings. The summed E-state index contributed by atoms with van der Waals surface area (Å²) >= 11 is 0. The molecule has 0 fully saturated rings. The van der Waals surface area contributed by atoms with Gasteiger partial charge >= 0.3 is 6.18 Å². The van der Waals surface area contributed by atoms with Crippen molar-refractivity contribution in [3.63, 3.8) is 0 Å². The number of hydrogen-bond donors (Lipinski definition) is 1. The minimum atomic E-state index is -4.25. The molecule has 4 nitrogen and oxygen atoms in total. The Labute approximate surface area is 97.9 Å². The van der Waals surface area contributed by atoms with E-state index in [0.717, 1.165) is 10.5 Å². The van der Waals surface area contributed by atoms with E-state index < -0.39 is 12.7 Å². The maximum Gasteiger partial charge on any atom is 0.406 e. The molecule has 0 aliphatic heterocycles. The molecule has 7 heteroatoms. The van der Waals surface area contributed by atoms with Crippen LogP contribution in [0, 0.1) is 0 Å². The molecule has 0 amide bonds. The van der Waals surface area contributed by atoms with Crippen LogP contribution in [-0.2, 0) is 6.54 Å². The topological polar surface area (TPSA) is 41.1 Å². The van der Waals surface area contributed by atoms with Crippen LogP contribution in [0.3, 0.4) is 0 Å². The maximum absolute atomic E-state index is 12.3. The first kappa shape index (κ1) is 13.7. The summed E-state index contributed by atoms with van der Waals surface area (Å²) in [6, 6.07) is 0.